The van der Waals surface area contributed by atoms with E-state index in [1.807, 2.05) is 31.2 Å². The van der Waals surface area contributed by atoms with Gasteiger partial charge >= 0.3 is 0 Å². The van der Waals surface area contributed by atoms with Crippen molar-refractivity contribution in [2.75, 3.05) is 6.54 Å². The minimum absolute atomic E-state index is 0. The van der Waals surface area contributed by atoms with Crippen LogP contribution in [0.4, 0.5) is 0 Å². The molecule has 0 aliphatic heterocycles. The molecule has 2 aromatic carbocycles. The molecule has 6 nitrogen and oxygen atoms in total. The molecule has 1 aliphatic rings. The van der Waals surface area contributed by atoms with Gasteiger partial charge in [-0.3, -0.25) is 4.79 Å². The second-order valence-electron chi connectivity index (χ2n) is 7.69. The quantitative estimate of drug-likeness (QED) is 0.496. The number of aromatic nitrogens is 2. The number of fused-ring (bicyclic) bond motifs is 2. The summed E-state index contributed by atoms with van der Waals surface area (Å²) < 4.78 is 5.36. The highest BCUT2D eigenvalue weighted by molar-refractivity contribution is 6.06. The van der Waals surface area contributed by atoms with E-state index in [0.29, 0.717) is 34.8 Å². The Morgan fingerprint density at radius 2 is 1.97 bits per heavy atom. The molecule has 0 radical (unpaired) electrons. The zero-order valence-electron chi connectivity index (χ0n) is 16.6. The predicted octanol–water partition coefficient (Wildman–Crippen LogP) is 4.41. The molecule has 1 saturated carbocycles. The highest BCUT2D eigenvalue weighted by atomic mass is 35.5. The third-order valence-electron chi connectivity index (χ3n) is 5.59. The first-order valence-corrected chi connectivity index (χ1v) is 9.90. The van der Waals surface area contributed by atoms with Crippen LogP contribution in [0.5, 0.6) is 0 Å². The van der Waals surface area contributed by atoms with Crippen LogP contribution in [0, 0.1) is 6.92 Å². The number of nitrogens with one attached hydrogen (secondary N) is 1. The minimum atomic E-state index is -0.292. The summed E-state index contributed by atoms with van der Waals surface area (Å²) >= 11 is 0. The van der Waals surface area contributed by atoms with Crippen molar-refractivity contribution in [3.05, 3.63) is 71.0 Å². The van der Waals surface area contributed by atoms with Gasteiger partial charge in [0.25, 0.3) is 11.6 Å². The van der Waals surface area contributed by atoms with Crippen LogP contribution in [0.1, 0.15) is 52.1 Å². The molecule has 1 aliphatic carbocycles. The normalized spacial score (nSPS) is 14.5. The SMILES string of the molecule is Cc1noc2nc(C3CC3)cc(C(=O)NC(CN)c3ccc4ccccc4c3)c12.Cl. The smallest absolute Gasteiger partial charge is 0.259 e. The lowest BCUT2D eigenvalue weighted by atomic mass is 10.0. The van der Waals surface area contributed by atoms with E-state index in [9.17, 15) is 4.79 Å². The molecule has 1 atom stereocenters. The van der Waals surface area contributed by atoms with Crippen molar-refractivity contribution in [3.8, 4) is 0 Å². The van der Waals surface area contributed by atoms with Gasteiger partial charge in [-0.05, 0) is 48.2 Å². The van der Waals surface area contributed by atoms with Gasteiger partial charge in [0, 0.05) is 18.2 Å². The Kier molecular flexibility index (Phi) is 5.45. The Balaban J connectivity index is 0.00000218. The van der Waals surface area contributed by atoms with Crippen LogP contribution in [-0.4, -0.2) is 22.6 Å². The van der Waals surface area contributed by atoms with Crippen molar-refractivity contribution < 1.29 is 9.32 Å². The number of pyridine rings is 1. The van der Waals surface area contributed by atoms with Gasteiger partial charge in [0.2, 0.25) is 0 Å². The number of carbonyl (C=O) groups is 1. The van der Waals surface area contributed by atoms with Gasteiger partial charge < -0.3 is 15.6 Å². The highest BCUT2D eigenvalue weighted by Gasteiger charge is 2.29. The number of aryl methyl sites for hydroxylation is 1. The third kappa shape index (κ3) is 3.64. The van der Waals surface area contributed by atoms with Crippen molar-refractivity contribution in [3.63, 3.8) is 0 Å². The van der Waals surface area contributed by atoms with E-state index >= 15 is 0 Å². The number of rotatable bonds is 5. The summed E-state index contributed by atoms with van der Waals surface area (Å²) in [6, 6.07) is 15.9. The van der Waals surface area contributed by atoms with Gasteiger partial charge in [0.1, 0.15) is 0 Å². The number of benzene rings is 2. The number of nitrogens with two attached hydrogens (primary N) is 1. The fourth-order valence-corrected chi connectivity index (χ4v) is 3.82. The number of nitrogens with zero attached hydrogens (tertiary/aromatic N) is 2. The standard InChI is InChI=1S/C23H22N4O2.ClH/c1-13-21-18(11-19(15-7-8-15)26-23(21)29-27-13)22(28)25-20(12-24)17-9-6-14-4-2-3-5-16(14)10-17;/h2-6,9-11,15,20H,7-8,12,24H2,1H3,(H,25,28);1H. The minimum Gasteiger partial charge on any atom is -0.344 e. The van der Waals surface area contributed by atoms with Gasteiger partial charge in [-0.25, -0.2) is 4.98 Å². The number of hydrogen-bond acceptors (Lipinski definition) is 5. The monoisotopic (exact) mass is 422 g/mol. The van der Waals surface area contributed by atoms with E-state index in [1.54, 1.807) is 0 Å². The summed E-state index contributed by atoms with van der Waals surface area (Å²) in [6.07, 6.45) is 2.18. The van der Waals surface area contributed by atoms with Gasteiger partial charge in [-0.15, -0.1) is 12.4 Å². The fraction of sp³-hybridized carbons (Fsp3) is 0.261. The zero-order valence-corrected chi connectivity index (χ0v) is 17.4. The maximum Gasteiger partial charge on any atom is 0.259 e. The van der Waals surface area contributed by atoms with Gasteiger partial charge in [-0.2, -0.15) is 0 Å². The molecule has 1 unspecified atom stereocenters. The number of amides is 1. The summed E-state index contributed by atoms with van der Waals surface area (Å²) in [6.45, 7) is 2.13. The highest BCUT2D eigenvalue weighted by Crippen LogP contribution is 2.40. The maximum atomic E-state index is 13.2. The molecule has 7 heteroatoms. The fourth-order valence-electron chi connectivity index (χ4n) is 3.82. The van der Waals surface area contributed by atoms with Crippen LogP contribution in [0.15, 0.2) is 53.1 Å². The lowest BCUT2D eigenvalue weighted by Gasteiger charge is -2.18. The molecular weight excluding hydrogens is 400 g/mol. The Morgan fingerprint density at radius 1 is 1.20 bits per heavy atom. The molecule has 3 N–H and O–H groups in total. The summed E-state index contributed by atoms with van der Waals surface area (Å²) in [5, 5.41) is 10.1. The van der Waals surface area contributed by atoms with E-state index in [-0.39, 0.29) is 24.4 Å². The predicted molar refractivity (Wildman–Crippen MR) is 119 cm³/mol. The van der Waals surface area contributed by atoms with Gasteiger partial charge in [-0.1, -0.05) is 41.6 Å². The van der Waals surface area contributed by atoms with E-state index in [4.69, 9.17) is 10.3 Å². The third-order valence-corrected chi connectivity index (χ3v) is 5.59. The summed E-state index contributed by atoms with van der Waals surface area (Å²) in [4.78, 5) is 17.8. The molecule has 5 rings (SSSR count). The average molecular weight is 423 g/mol. The maximum absolute atomic E-state index is 13.2. The molecule has 0 saturated heterocycles. The van der Waals surface area contributed by atoms with Gasteiger partial charge in [0.15, 0.2) is 0 Å². The second-order valence-corrected chi connectivity index (χ2v) is 7.69. The summed E-state index contributed by atoms with van der Waals surface area (Å²) in [5.41, 5.74) is 9.54. The Bertz CT molecular complexity index is 1230. The first kappa shape index (κ1) is 20.3. The van der Waals surface area contributed by atoms with Crippen LogP contribution in [0.2, 0.25) is 0 Å². The lowest BCUT2D eigenvalue weighted by molar-refractivity contribution is 0.0939. The van der Waals surface area contributed by atoms with Gasteiger partial charge in [0.05, 0.1) is 22.7 Å². The molecule has 30 heavy (non-hydrogen) atoms. The van der Waals surface area contributed by atoms with Crippen molar-refractivity contribution in [2.24, 2.45) is 5.73 Å². The molecule has 1 fully saturated rings. The molecule has 0 bridgehead atoms. The van der Waals surface area contributed by atoms with Crippen LogP contribution in [-0.2, 0) is 0 Å². The first-order chi connectivity index (χ1) is 14.1. The largest absolute Gasteiger partial charge is 0.344 e. The Morgan fingerprint density at radius 3 is 2.70 bits per heavy atom. The second kappa shape index (κ2) is 8.05. The topological polar surface area (TPSA) is 94.0 Å². The molecule has 1 amide bonds. The zero-order chi connectivity index (χ0) is 20.0. The lowest BCUT2D eigenvalue weighted by Crippen LogP contribution is -2.33. The number of carbonyl (C=O) groups excluding carboxylic acids is 1. The molecule has 2 aromatic heterocycles. The van der Waals surface area contributed by atoms with E-state index < -0.39 is 0 Å². The Labute approximate surface area is 180 Å². The van der Waals surface area contributed by atoms with Crippen molar-refractivity contribution >= 4 is 40.2 Å². The van der Waals surface area contributed by atoms with Crippen LogP contribution < -0.4 is 11.1 Å². The number of halogens is 1. The summed E-state index contributed by atoms with van der Waals surface area (Å²) in [7, 11) is 0. The molecular formula is C23H23ClN4O2. The summed E-state index contributed by atoms with van der Waals surface area (Å²) in [5.74, 6) is 0.219. The number of hydrogen-bond donors (Lipinski definition) is 2. The van der Waals surface area contributed by atoms with Crippen molar-refractivity contribution in [1.82, 2.24) is 15.5 Å². The average Bonchev–Trinajstić information content (AvgIpc) is 3.54. The van der Waals surface area contributed by atoms with Crippen LogP contribution >= 0.6 is 12.4 Å². The molecule has 4 aromatic rings. The van der Waals surface area contributed by atoms with Crippen LogP contribution in [0.25, 0.3) is 21.9 Å². The van der Waals surface area contributed by atoms with Crippen molar-refractivity contribution in [2.45, 2.75) is 31.7 Å². The first-order valence-electron chi connectivity index (χ1n) is 9.90. The molecule has 2 heterocycles. The van der Waals surface area contributed by atoms with E-state index in [2.05, 4.69) is 39.7 Å². The molecule has 0 spiro atoms. The van der Waals surface area contributed by atoms with E-state index in [1.165, 1.54) is 0 Å². The Hall–Kier alpha value is -2.96. The van der Waals surface area contributed by atoms with Crippen LogP contribution in [0.3, 0.4) is 0 Å². The molecule has 154 valence electrons. The van der Waals surface area contributed by atoms with Crippen molar-refractivity contribution in [1.29, 1.82) is 0 Å². The van der Waals surface area contributed by atoms with E-state index in [0.717, 1.165) is 34.9 Å².